The van der Waals surface area contributed by atoms with E-state index in [-0.39, 0.29) is 11.3 Å². The van der Waals surface area contributed by atoms with Crippen molar-refractivity contribution in [3.63, 3.8) is 0 Å². The van der Waals surface area contributed by atoms with Crippen molar-refractivity contribution in [2.24, 2.45) is 0 Å². The number of nitrogens with one attached hydrogen (secondary N) is 1. The Morgan fingerprint density at radius 3 is 2.66 bits per heavy atom. The first-order valence-electron chi connectivity index (χ1n) is 11.3. The number of fused-ring (bicyclic) bond motifs is 1. The standard InChI is InChI=1S/C25H33N3O3S/c1-17(2)28-13-7-8-19(28)15-27(16-24-26-20-9-5-6-10-23(20)32-24)25(29)18-11-12-21(30-3)22(14-18)31-4/h5-6,9-12,14,17,19,24,26H,7-8,13,15-16H2,1-4H3/t19-,24?/m0/s1. The predicted molar refractivity (Wildman–Crippen MR) is 130 cm³/mol. The number of hydrogen-bond acceptors (Lipinski definition) is 6. The molecule has 1 saturated heterocycles. The summed E-state index contributed by atoms with van der Waals surface area (Å²) in [5.74, 6) is 1.23. The first kappa shape index (κ1) is 22.8. The van der Waals surface area contributed by atoms with Crippen molar-refractivity contribution in [1.29, 1.82) is 0 Å². The molecule has 7 heteroatoms. The molecule has 0 bridgehead atoms. The number of amides is 1. The third-order valence-corrected chi connectivity index (χ3v) is 7.46. The van der Waals surface area contributed by atoms with Gasteiger partial charge in [-0.1, -0.05) is 23.9 Å². The van der Waals surface area contributed by atoms with Crippen molar-refractivity contribution in [2.45, 2.75) is 49.0 Å². The molecule has 2 heterocycles. The third kappa shape index (κ3) is 4.84. The molecular weight excluding hydrogens is 422 g/mol. The van der Waals surface area contributed by atoms with Gasteiger partial charge in [-0.05, 0) is 63.6 Å². The number of benzene rings is 2. The first-order valence-corrected chi connectivity index (χ1v) is 12.2. The minimum atomic E-state index is 0.0277. The Kier molecular flexibility index (Phi) is 7.16. The Morgan fingerprint density at radius 1 is 1.16 bits per heavy atom. The summed E-state index contributed by atoms with van der Waals surface area (Å²) in [6, 6.07) is 14.6. The molecule has 0 radical (unpaired) electrons. The van der Waals surface area contributed by atoms with Crippen molar-refractivity contribution in [1.82, 2.24) is 9.80 Å². The lowest BCUT2D eigenvalue weighted by molar-refractivity contribution is 0.0691. The number of likely N-dealkylation sites (tertiary alicyclic amines) is 1. The fraction of sp³-hybridized carbons (Fsp3) is 0.480. The zero-order valence-electron chi connectivity index (χ0n) is 19.3. The van der Waals surface area contributed by atoms with Crippen molar-refractivity contribution in [2.75, 3.05) is 39.2 Å². The monoisotopic (exact) mass is 455 g/mol. The summed E-state index contributed by atoms with van der Waals surface area (Å²) in [6.07, 6.45) is 2.31. The number of carbonyl (C=O) groups is 1. The van der Waals surface area contributed by atoms with Gasteiger partial charge in [-0.15, -0.1) is 0 Å². The van der Waals surface area contributed by atoms with Crippen molar-refractivity contribution in [3.05, 3.63) is 48.0 Å². The Balaban J connectivity index is 1.56. The van der Waals surface area contributed by atoms with Crippen LogP contribution in [0.1, 0.15) is 37.0 Å². The molecule has 1 N–H and O–H groups in total. The minimum Gasteiger partial charge on any atom is -0.493 e. The summed E-state index contributed by atoms with van der Waals surface area (Å²) in [4.78, 5) is 19.5. The van der Waals surface area contributed by atoms with E-state index in [0.717, 1.165) is 25.2 Å². The Bertz CT molecular complexity index is 927. The van der Waals surface area contributed by atoms with Gasteiger partial charge in [-0.2, -0.15) is 0 Å². The Hall–Kier alpha value is -2.38. The largest absolute Gasteiger partial charge is 0.493 e. The second-order valence-electron chi connectivity index (χ2n) is 8.65. The number of rotatable bonds is 8. The molecule has 1 unspecified atom stereocenters. The third-order valence-electron chi connectivity index (χ3n) is 6.29. The number of para-hydroxylation sites is 1. The van der Waals surface area contributed by atoms with E-state index in [1.54, 1.807) is 38.1 Å². The molecule has 0 spiro atoms. The van der Waals surface area contributed by atoms with Crippen molar-refractivity contribution < 1.29 is 14.3 Å². The maximum absolute atomic E-state index is 13.7. The summed E-state index contributed by atoms with van der Waals surface area (Å²) in [5, 5.41) is 3.71. The van der Waals surface area contributed by atoms with Crippen LogP contribution in [0.25, 0.3) is 0 Å². The molecule has 2 atom stereocenters. The molecule has 2 aromatic rings. The number of ether oxygens (including phenoxy) is 2. The molecule has 0 aliphatic carbocycles. The molecule has 172 valence electrons. The fourth-order valence-electron chi connectivity index (χ4n) is 4.71. The Labute approximate surface area is 195 Å². The normalized spacial score (nSPS) is 20.2. The first-order chi connectivity index (χ1) is 15.5. The molecule has 2 aromatic carbocycles. The van der Waals surface area contributed by atoms with Crippen LogP contribution in [0.5, 0.6) is 11.5 Å². The molecule has 0 saturated carbocycles. The minimum absolute atomic E-state index is 0.0277. The zero-order valence-corrected chi connectivity index (χ0v) is 20.2. The van der Waals surface area contributed by atoms with Crippen LogP contribution in [-0.4, -0.2) is 67.0 Å². The molecule has 32 heavy (non-hydrogen) atoms. The number of carbonyl (C=O) groups excluding carboxylic acids is 1. The van der Waals surface area contributed by atoms with Gasteiger partial charge in [0.15, 0.2) is 11.5 Å². The van der Waals surface area contributed by atoms with Crippen molar-refractivity contribution >= 4 is 23.4 Å². The highest BCUT2D eigenvalue weighted by Gasteiger charge is 2.32. The van der Waals surface area contributed by atoms with Crippen LogP contribution in [0.3, 0.4) is 0 Å². The van der Waals surface area contributed by atoms with Crippen LogP contribution in [0.15, 0.2) is 47.4 Å². The predicted octanol–water partition coefficient (Wildman–Crippen LogP) is 4.56. The van der Waals surface area contributed by atoms with Gasteiger partial charge in [-0.3, -0.25) is 9.69 Å². The molecule has 1 amide bonds. The lowest BCUT2D eigenvalue weighted by Gasteiger charge is -2.34. The van der Waals surface area contributed by atoms with Crippen LogP contribution in [-0.2, 0) is 0 Å². The van der Waals surface area contributed by atoms with Crippen LogP contribution >= 0.6 is 11.8 Å². The van der Waals surface area contributed by atoms with E-state index in [4.69, 9.17) is 9.47 Å². The van der Waals surface area contributed by atoms with Crippen LogP contribution in [0, 0.1) is 0 Å². The van der Waals surface area contributed by atoms with Gasteiger partial charge in [0.25, 0.3) is 5.91 Å². The lowest BCUT2D eigenvalue weighted by atomic mass is 10.1. The van der Waals surface area contributed by atoms with E-state index in [2.05, 4.69) is 42.3 Å². The SMILES string of the molecule is COc1ccc(C(=O)N(CC2Nc3ccccc3S2)C[C@@H]2CCCN2C(C)C)cc1OC. The van der Waals surface area contributed by atoms with Gasteiger partial charge in [0.1, 0.15) is 0 Å². The average Bonchev–Trinajstić information content (AvgIpc) is 3.44. The smallest absolute Gasteiger partial charge is 0.254 e. The molecule has 2 aliphatic rings. The summed E-state index contributed by atoms with van der Waals surface area (Å²) in [5.41, 5.74) is 1.77. The van der Waals surface area contributed by atoms with Gasteiger partial charge in [0.2, 0.25) is 0 Å². The van der Waals surface area contributed by atoms with Gasteiger partial charge in [-0.25, -0.2) is 0 Å². The van der Waals surface area contributed by atoms with Crippen molar-refractivity contribution in [3.8, 4) is 11.5 Å². The zero-order chi connectivity index (χ0) is 22.7. The Morgan fingerprint density at radius 2 is 1.94 bits per heavy atom. The lowest BCUT2D eigenvalue weighted by Crippen LogP contribution is -2.47. The summed E-state index contributed by atoms with van der Waals surface area (Å²) < 4.78 is 10.8. The average molecular weight is 456 g/mol. The second-order valence-corrected chi connectivity index (χ2v) is 9.90. The van der Waals surface area contributed by atoms with Gasteiger partial charge < -0.3 is 19.7 Å². The van der Waals surface area contributed by atoms with Gasteiger partial charge >= 0.3 is 0 Å². The maximum atomic E-state index is 13.7. The number of methoxy groups -OCH3 is 2. The molecule has 2 aliphatic heterocycles. The second kappa shape index (κ2) is 10.0. The number of thioether (sulfide) groups is 1. The van der Waals surface area contributed by atoms with E-state index in [9.17, 15) is 4.79 Å². The molecule has 4 rings (SSSR count). The van der Waals surface area contributed by atoms with Crippen LogP contribution in [0.4, 0.5) is 5.69 Å². The summed E-state index contributed by atoms with van der Waals surface area (Å²) in [7, 11) is 3.20. The number of nitrogens with zero attached hydrogens (tertiary/aromatic N) is 2. The van der Waals surface area contributed by atoms with Gasteiger partial charge in [0.05, 0.1) is 26.1 Å². The highest BCUT2D eigenvalue weighted by Crippen LogP contribution is 2.38. The number of anilines is 1. The highest BCUT2D eigenvalue weighted by molar-refractivity contribution is 8.00. The summed E-state index contributed by atoms with van der Waals surface area (Å²) >= 11 is 1.79. The maximum Gasteiger partial charge on any atom is 0.254 e. The topological polar surface area (TPSA) is 54.0 Å². The van der Waals surface area contributed by atoms with E-state index < -0.39 is 0 Å². The number of hydrogen-bond donors (Lipinski definition) is 1. The van der Waals surface area contributed by atoms with E-state index in [1.165, 1.54) is 11.3 Å². The highest BCUT2D eigenvalue weighted by atomic mass is 32.2. The molecule has 0 aromatic heterocycles. The van der Waals surface area contributed by atoms with Crippen LogP contribution < -0.4 is 14.8 Å². The fourth-order valence-corrected chi connectivity index (χ4v) is 5.87. The molecule has 1 fully saturated rings. The summed E-state index contributed by atoms with van der Waals surface area (Å²) in [6.45, 7) is 6.94. The van der Waals surface area contributed by atoms with E-state index in [1.807, 2.05) is 17.0 Å². The van der Waals surface area contributed by atoms with Gasteiger partial charge in [0, 0.05) is 34.8 Å². The quantitative estimate of drug-likeness (QED) is 0.630. The molecular formula is C25H33N3O3S. The van der Waals surface area contributed by atoms with E-state index in [0.29, 0.717) is 35.7 Å². The van der Waals surface area contributed by atoms with Crippen LogP contribution in [0.2, 0.25) is 0 Å². The van der Waals surface area contributed by atoms with E-state index >= 15 is 0 Å². The molecule has 6 nitrogen and oxygen atoms in total.